The summed E-state index contributed by atoms with van der Waals surface area (Å²) in [5, 5.41) is 11.1. The molecule has 104 valence electrons. The molecule has 1 unspecified atom stereocenters. The number of carbonyl (C=O) groups excluding carboxylic acids is 1. The highest BCUT2D eigenvalue weighted by Gasteiger charge is 2.20. The number of aliphatic carboxylic acids is 1. The number of nitrogens with one attached hydrogen (secondary N) is 1. The lowest BCUT2D eigenvalue weighted by Gasteiger charge is -2.20. The van der Waals surface area contributed by atoms with Gasteiger partial charge in [0.25, 0.3) is 0 Å². The smallest absolute Gasteiger partial charge is 0.326 e. The molecule has 0 bridgehead atoms. The van der Waals surface area contributed by atoms with Crippen LogP contribution in [0.4, 0.5) is 4.79 Å². The number of urea groups is 1. The third-order valence-corrected chi connectivity index (χ3v) is 3.07. The summed E-state index contributed by atoms with van der Waals surface area (Å²) in [7, 11) is -1.77. The van der Waals surface area contributed by atoms with Gasteiger partial charge in [-0.15, -0.1) is 6.58 Å². The van der Waals surface area contributed by atoms with E-state index in [2.05, 4.69) is 11.9 Å². The average Bonchev–Trinajstić information content (AvgIpc) is 2.23. The highest BCUT2D eigenvalue weighted by molar-refractivity contribution is 7.90. The van der Waals surface area contributed by atoms with E-state index in [1.54, 1.807) is 0 Å². The van der Waals surface area contributed by atoms with Gasteiger partial charge in [0.15, 0.2) is 0 Å². The maximum Gasteiger partial charge on any atom is 0.326 e. The molecule has 2 amide bonds. The molecule has 1 atom stereocenters. The van der Waals surface area contributed by atoms with Gasteiger partial charge in [0.1, 0.15) is 15.9 Å². The predicted octanol–water partition coefficient (Wildman–Crippen LogP) is -0.298. The Hall–Kier alpha value is -1.57. The van der Waals surface area contributed by atoms with E-state index < -0.39 is 27.9 Å². The predicted molar refractivity (Wildman–Crippen MR) is 67.1 cm³/mol. The lowest BCUT2D eigenvalue weighted by molar-refractivity contribution is -0.139. The SMILES string of the molecule is C=CCC(NC(=O)N(C)CCS(C)(=O)=O)C(=O)O. The Kier molecular flexibility index (Phi) is 6.39. The third kappa shape index (κ3) is 6.89. The summed E-state index contributed by atoms with van der Waals surface area (Å²) in [6, 6.07) is -1.69. The lowest BCUT2D eigenvalue weighted by Crippen LogP contribution is -2.47. The fraction of sp³-hybridized carbons (Fsp3) is 0.600. The van der Waals surface area contributed by atoms with Gasteiger partial charge in [-0.25, -0.2) is 18.0 Å². The van der Waals surface area contributed by atoms with E-state index in [9.17, 15) is 18.0 Å². The van der Waals surface area contributed by atoms with Gasteiger partial charge in [-0.1, -0.05) is 6.08 Å². The zero-order valence-electron chi connectivity index (χ0n) is 10.4. The molecule has 8 heteroatoms. The second kappa shape index (κ2) is 7.00. The molecule has 0 saturated carbocycles. The summed E-state index contributed by atoms with van der Waals surface area (Å²) in [4.78, 5) is 23.5. The Morgan fingerprint density at radius 3 is 2.44 bits per heavy atom. The van der Waals surface area contributed by atoms with E-state index in [-0.39, 0.29) is 18.7 Å². The minimum absolute atomic E-state index is 0.00505. The number of sulfone groups is 1. The molecule has 0 aliphatic carbocycles. The monoisotopic (exact) mass is 278 g/mol. The number of hydrogen-bond acceptors (Lipinski definition) is 4. The summed E-state index contributed by atoms with van der Waals surface area (Å²) < 4.78 is 21.9. The molecule has 2 N–H and O–H groups in total. The van der Waals surface area contributed by atoms with Crippen molar-refractivity contribution in [3.05, 3.63) is 12.7 Å². The van der Waals surface area contributed by atoms with Crippen molar-refractivity contribution in [1.82, 2.24) is 10.2 Å². The van der Waals surface area contributed by atoms with Gasteiger partial charge in [0.2, 0.25) is 0 Å². The van der Waals surface area contributed by atoms with Gasteiger partial charge >= 0.3 is 12.0 Å². The van der Waals surface area contributed by atoms with E-state index in [1.807, 2.05) is 0 Å². The molecule has 0 aromatic rings. The highest BCUT2D eigenvalue weighted by atomic mass is 32.2. The molecule has 0 aromatic heterocycles. The molecular formula is C10H18N2O5S. The first-order chi connectivity index (χ1) is 8.17. The lowest BCUT2D eigenvalue weighted by atomic mass is 10.2. The van der Waals surface area contributed by atoms with Crippen LogP contribution in [-0.2, 0) is 14.6 Å². The maximum atomic E-state index is 11.6. The van der Waals surface area contributed by atoms with Crippen molar-refractivity contribution >= 4 is 21.8 Å². The average molecular weight is 278 g/mol. The first-order valence-electron chi connectivity index (χ1n) is 5.20. The summed E-state index contributed by atoms with van der Waals surface area (Å²) in [5.74, 6) is -1.34. The quantitative estimate of drug-likeness (QED) is 0.622. The van der Waals surface area contributed by atoms with Crippen LogP contribution in [0.1, 0.15) is 6.42 Å². The summed E-state index contributed by atoms with van der Waals surface area (Å²) >= 11 is 0. The maximum absolute atomic E-state index is 11.6. The topological polar surface area (TPSA) is 104 Å². The van der Waals surface area contributed by atoms with Crippen molar-refractivity contribution < 1.29 is 23.1 Å². The van der Waals surface area contributed by atoms with Gasteiger partial charge < -0.3 is 15.3 Å². The Labute approximate surface area is 106 Å². The van der Waals surface area contributed by atoms with Gasteiger partial charge in [-0.05, 0) is 6.42 Å². The Bertz CT molecular complexity index is 418. The van der Waals surface area contributed by atoms with Crippen LogP contribution < -0.4 is 5.32 Å². The van der Waals surface area contributed by atoms with Gasteiger partial charge in [0, 0.05) is 19.8 Å². The molecule has 7 nitrogen and oxygen atoms in total. The molecule has 0 fully saturated rings. The number of rotatable bonds is 7. The largest absolute Gasteiger partial charge is 0.480 e. The van der Waals surface area contributed by atoms with Crippen molar-refractivity contribution in [2.75, 3.05) is 25.6 Å². The van der Waals surface area contributed by atoms with E-state index in [1.165, 1.54) is 13.1 Å². The first kappa shape index (κ1) is 16.4. The van der Waals surface area contributed by atoms with Crippen molar-refractivity contribution in [1.29, 1.82) is 0 Å². The zero-order valence-corrected chi connectivity index (χ0v) is 11.2. The Balaban J connectivity index is 4.37. The number of amides is 2. The molecule has 0 spiro atoms. The van der Waals surface area contributed by atoms with Crippen LogP contribution >= 0.6 is 0 Å². The number of nitrogens with zero attached hydrogens (tertiary/aromatic N) is 1. The number of carbonyl (C=O) groups is 2. The number of hydrogen-bond donors (Lipinski definition) is 2. The number of carboxylic acids is 1. The molecule has 0 saturated heterocycles. The minimum atomic E-state index is -3.16. The molecule has 0 aromatic carbocycles. The molecular weight excluding hydrogens is 260 g/mol. The standard InChI is InChI=1S/C10H18N2O5S/c1-4-5-8(9(13)14)11-10(15)12(2)6-7-18(3,16)17/h4,8H,1,5-7H2,2-3H3,(H,11,15)(H,13,14). The molecule has 0 rings (SSSR count). The van der Waals surface area contributed by atoms with Crippen LogP contribution in [0.5, 0.6) is 0 Å². The highest BCUT2D eigenvalue weighted by Crippen LogP contribution is 1.96. The fourth-order valence-corrected chi connectivity index (χ4v) is 1.66. The van der Waals surface area contributed by atoms with Gasteiger partial charge in [0.05, 0.1) is 5.75 Å². The summed E-state index contributed by atoms with van der Waals surface area (Å²) in [5.41, 5.74) is 0. The van der Waals surface area contributed by atoms with Crippen LogP contribution in [0.15, 0.2) is 12.7 Å². The normalized spacial score (nSPS) is 12.6. The number of carboxylic acid groups (broad SMARTS) is 1. The van der Waals surface area contributed by atoms with Crippen molar-refractivity contribution in [3.63, 3.8) is 0 Å². The second-order valence-corrected chi connectivity index (χ2v) is 6.18. The molecule has 0 aliphatic heterocycles. The van der Waals surface area contributed by atoms with Crippen LogP contribution in [-0.4, -0.2) is 62.1 Å². The first-order valence-corrected chi connectivity index (χ1v) is 7.26. The molecule has 0 heterocycles. The minimum Gasteiger partial charge on any atom is -0.480 e. The Morgan fingerprint density at radius 2 is 2.06 bits per heavy atom. The van der Waals surface area contributed by atoms with Gasteiger partial charge in [-0.2, -0.15) is 0 Å². The van der Waals surface area contributed by atoms with Crippen LogP contribution in [0.2, 0.25) is 0 Å². The fourth-order valence-electron chi connectivity index (χ4n) is 1.05. The second-order valence-electron chi connectivity index (χ2n) is 3.92. The van der Waals surface area contributed by atoms with Crippen LogP contribution in [0, 0.1) is 0 Å². The molecule has 18 heavy (non-hydrogen) atoms. The van der Waals surface area contributed by atoms with E-state index in [0.717, 1.165) is 11.2 Å². The van der Waals surface area contributed by atoms with E-state index in [0.29, 0.717) is 0 Å². The van der Waals surface area contributed by atoms with Crippen LogP contribution in [0.25, 0.3) is 0 Å². The van der Waals surface area contributed by atoms with E-state index >= 15 is 0 Å². The summed E-state index contributed by atoms with van der Waals surface area (Å²) in [6.45, 7) is 3.40. The Morgan fingerprint density at radius 1 is 1.50 bits per heavy atom. The van der Waals surface area contributed by atoms with Crippen molar-refractivity contribution in [2.45, 2.75) is 12.5 Å². The van der Waals surface area contributed by atoms with Gasteiger partial charge in [-0.3, -0.25) is 0 Å². The third-order valence-electron chi connectivity index (χ3n) is 2.14. The van der Waals surface area contributed by atoms with Crippen molar-refractivity contribution in [3.8, 4) is 0 Å². The molecule has 0 radical (unpaired) electrons. The molecule has 0 aliphatic rings. The summed E-state index contributed by atoms with van der Waals surface area (Å²) in [6.07, 6.45) is 2.55. The van der Waals surface area contributed by atoms with Crippen LogP contribution in [0.3, 0.4) is 0 Å². The van der Waals surface area contributed by atoms with Crippen molar-refractivity contribution in [2.24, 2.45) is 0 Å². The van der Waals surface area contributed by atoms with E-state index in [4.69, 9.17) is 5.11 Å². The zero-order chi connectivity index (χ0) is 14.3.